The van der Waals surface area contributed by atoms with Gasteiger partial charge in [-0.05, 0) is 23.5 Å². The Kier molecular flexibility index (Phi) is 6.68. The van der Waals surface area contributed by atoms with Crippen molar-refractivity contribution in [1.82, 2.24) is 4.57 Å². The van der Waals surface area contributed by atoms with Crippen LogP contribution in [0.4, 0.5) is 0 Å². The van der Waals surface area contributed by atoms with Crippen molar-refractivity contribution in [2.24, 2.45) is 15.9 Å². The summed E-state index contributed by atoms with van der Waals surface area (Å²) < 4.78 is 2.11. The van der Waals surface area contributed by atoms with Crippen molar-refractivity contribution in [3.8, 4) is 6.19 Å². The molecule has 0 unspecified atom stereocenters. The van der Waals surface area contributed by atoms with Gasteiger partial charge in [-0.25, -0.2) is 0 Å². The zero-order valence-corrected chi connectivity index (χ0v) is 17.9. The molecular formula is C19H22Cl2N4S. The Morgan fingerprint density at radius 1 is 1.31 bits per heavy atom. The van der Waals surface area contributed by atoms with E-state index in [0.717, 1.165) is 11.3 Å². The van der Waals surface area contributed by atoms with Crippen LogP contribution in [-0.4, -0.2) is 10.4 Å². The van der Waals surface area contributed by atoms with Gasteiger partial charge in [0.1, 0.15) is 0 Å². The van der Waals surface area contributed by atoms with Gasteiger partial charge in [-0.3, -0.25) is 0 Å². The molecule has 138 valence electrons. The molecule has 1 aromatic carbocycles. The Hall–Kier alpha value is -1.61. The van der Waals surface area contributed by atoms with Gasteiger partial charge in [0.15, 0.2) is 10.6 Å². The molecule has 0 fully saturated rings. The highest BCUT2D eigenvalue weighted by Gasteiger charge is 2.19. The maximum absolute atomic E-state index is 9.11. The van der Waals surface area contributed by atoms with E-state index < -0.39 is 0 Å². The minimum Gasteiger partial charge on any atom is -0.323 e. The van der Waals surface area contributed by atoms with Gasteiger partial charge in [-0.15, -0.1) is 11.3 Å². The molecule has 2 aromatic rings. The standard InChI is InChI=1S/C19H22Cl2N4S/c1-12(2)9-25-10-15(19(3,4)5)26-18(25)24-17(23-11-22)13-7-6-8-14(20)16(13)21/h6-8,10,12H,9H2,1-5H3. The molecule has 0 amide bonds. The summed E-state index contributed by atoms with van der Waals surface area (Å²) in [5.41, 5.74) is 0.555. The first-order valence-electron chi connectivity index (χ1n) is 8.30. The van der Waals surface area contributed by atoms with E-state index in [9.17, 15) is 0 Å². The summed E-state index contributed by atoms with van der Waals surface area (Å²) in [6.07, 6.45) is 3.95. The Balaban J connectivity index is 2.67. The number of aliphatic imine (C=N–C) groups is 1. The van der Waals surface area contributed by atoms with Crippen LogP contribution >= 0.6 is 34.5 Å². The van der Waals surface area contributed by atoms with Gasteiger partial charge in [0.25, 0.3) is 0 Å². The smallest absolute Gasteiger partial charge is 0.207 e. The third kappa shape index (κ3) is 4.97. The van der Waals surface area contributed by atoms with E-state index in [0.29, 0.717) is 21.5 Å². The molecule has 4 nitrogen and oxygen atoms in total. The molecule has 0 bridgehead atoms. The molecule has 0 atom stereocenters. The minimum atomic E-state index is 0.0113. The lowest BCUT2D eigenvalue weighted by Crippen LogP contribution is -2.19. The van der Waals surface area contributed by atoms with E-state index in [1.54, 1.807) is 29.5 Å². The van der Waals surface area contributed by atoms with E-state index in [-0.39, 0.29) is 11.3 Å². The van der Waals surface area contributed by atoms with Crippen LogP contribution in [0.2, 0.25) is 10.0 Å². The van der Waals surface area contributed by atoms with E-state index in [2.05, 4.69) is 55.4 Å². The Morgan fingerprint density at radius 3 is 2.58 bits per heavy atom. The van der Waals surface area contributed by atoms with Gasteiger partial charge in [-0.1, -0.05) is 63.9 Å². The number of rotatable bonds is 3. The number of hydrogen-bond acceptors (Lipinski definition) is 3. The molecule has 2 rings (SSSR count). The van der Waals surface area contributed by atoms with Crippen molar-refractivity contribution < 1.29 is 0 Å². The molecule has 0 saturated carbocycles. The number of amidine groups is 1. The lowest BCUT2D eigenvalue weighted by Gasteiger charge is -2.14. The van der Waals surface area contributed by atoms with Gasteiger partial charge in [0.05, 0.1) is 10.0 Å². The SMILES string of the molecule is CC(C)Cn1cc(C(C)(C)C)sc1=NC(=NC#N)c1cccc(Cl)c1Cl. The first-order valence-corrected chi connectivity index (χ1v) is 9.87. The number of nitrogens with zero attached hydrogens (tertiary/aromatic N) is 4. The molecule has 0 saturated heterocycles. The fourth-order valence-corrected chi connectivity index (χ4v) is 3.74. The van der Waals surface area contributed by atoms with Crippen molar-refractivity contribution in [1.29, 1.82) is 5.26 Å². The minimum absolute atomic E-state index is 0.0113. The monoisotopic (exact) mass is 408 g/mol. The second kappa shape index (κ2) is 8.39. The van der Waals surface area contributed by atoms with Crippen molar-refractivity contribution in [2.45, 2.75) is 46.6 Å². The molecule has 1 aromatic heterocycles. The Morgan fingerprint density at radius 2 is 2.00 bits per heavy atom. The fraction of sp³-hybridized carbons (Fsp3) is 0.421. The van der Waals surface area contributed by atoms with Crippen LogP contribution in [0, 0.1) is 17.4 Å². The number of thiazole rings is 1. The number of nitriles is 1. The first kappa shape index (κ1) is 20.7. The van der Waals surface area contributed by atoms with Crippen molar-refractivity contribution >= 4 is 40.4 Å². The Labute approximate surface area is 168 Å². The van der Waals surface area contributed by atoms with Crippen LogP contribution in [0.5, 0.6) is 0 Å². The second-order valence-corrected chi connectivity index (χ2v) is 9.22. The van der Waals surface area contributed by atoms with Crippen LogP contribution in [0.1, 0.15) is 45.1 Å². The van der Waals surface area contributed by atoms with Crippen LogP contribution in [0.15, 0.2) is 34.4 Å². The average Bonchev–Trinajstić information content (AvgIpc) is 2.92. The molecule has 0 spiro atoms. The normalized spacial score (nSPS) is 13.3. The van der Waals surface area contributed by atoms with Crippen LogP contribution in [-0.2, 0) is 12.0 Å². The maximum Gasteiger partial charge on any atom is 0.207 e. The van der Waals surface area contributed by atoms with E-state index in [1.165, 1.54) is 4.88 Å². The predicted molar refractivity (Wildman–Crippen MR) is 110 cm³/mol. The van der Waals surface area contributed by atoms with Crippen LogP contribution in [0.3, 0.4) is 0 Å². The van der Waals surface area contributed by atoms with Gasteiger partial charge >= 0.3 is 0 Å². The first-order chi connectivity index (χ1) is 12.1. The Bertz CT molecular complexity index is 924. The van der Waals surface area contributed by atoms with Gasteiger partial charge in [0.2, 0.25) is 6.19 Å². The third-order valence-electron chi connectivity index (χ3n) is 3.57. The van der Waals surface area contributed by atoms with E-state index in [1.807, 2.05) is 6.19 Å². The quantitative estimate of drug-likeness (QED) is 0.368. The zero-order valence-electron chi connectivity index (χ0n) is 15.5. The van der Waals surface area contributed by atoms with E-state index >= 15 is 0 Å². The van der Waals surface area contributed by atoms with Gasteiger partial charge in [0, 0.05) is 23.2 Å². The zero-order chi connectivity index (χ0) is 19.5. The molecule has 0 radical (unpaired) electrons. The number of halogens is 2. The summed E-state index contributed by atoms with van der Waals surface area (Å²) in [6, 6.07) is 5.22. The largest absolute Gasteiger partial charge is 0.323 e. The van der Waals surface area contributed by atoms with Gasteiger partial charge in [-0.2, -0.15) is 15.2 Å². The van der Waals surface area contributed by atoms with Crippen LogP contribution in [0.25, 0.3) is 0 Å². The molecule has 1 heterocycles. The molecule has 0 aliphatic rings. The topological polar surface area (TPSA) is 53.4 Å². The summed E-state index contributed by atoms with van der Waals surface area (Å²) in [5.74, 6) is 0.724. The molecule has 26 heavy (non-hydrogen) atoms. The summed E-state index contributed by atoms with van der Waals surface area (Å²) in [7, 11) is 0. The van der Waals surface area contributed by atoms with E-state index in [4.69, 9.17) is 28.5 Å². The maximum atomic E-state index is 9.11. The number of aromatic nitrogens is 1. The predicted octanol–water partition coefficient (Wildman–Crippen LogP) is 5.64. The van der Waals surface area contributed by atoms with Gasteiger partial charge < -0.3 is 4.57 Å². The highest BCUT2D eigenvalue weighted by Crippen LogP contribution is 2.27. The molecule has 0 aliphatic heterocycles. The molecule has 0 N–H and O–H groups in total. The lowest BCUT2D eigenvalue weighted by molar-refractivity contribution is 0.509. The second-order valence-electron chi connectivity index (χ2n) is 7.42. The third-order valence-corrected chi connectivity index (χ3v) is 5.84. The summed E-state index contributed by atoms with van der Waals surface area (Å²) in [4.78, 5) is 10.6. The molecule has 0 aliphatic carbocycles. The van der Waals surface area contributed by atoms with Crippen LogP contribution < -0.4 is 4.80 Å². The molecule has 7 heteroatoms. The highest BCUT2D eigenvalue weighted by molar-refractivity contribution is 7.09. The number of hydrogen-bond donors (Lipinski definition) is 0. The van der Waals surface area contributed by atoms with Crippen molar-refractivity contribution in [3.63, 3.8) is 0 Å². The summed E-state index contributed by atoms with van der Waals surface area (Å²) in [6.45, 7) is 11.6. The highest BCUT2D eigenvalue weighted by atomic mass is 35.5. The summed E-state index contributed by atoms with van der Waals surface area (Å²) >= 11 is 14.0. The van der Waals surface area contributed by atoms with Crippen molar-refractivity contribution in [2.75, 3.05) is 0 Å². The summed E-state index contributed by atoms with van der Waals surface area (Å²) in [5, 5.41) is 9.86. The average molecular weight is 409 g/mol. The van der Waals surface area contributed by atoms with Crippen molar-refractivity contribution in [3.05, 3.63) is 49.7 Å². The number of benzene rings is 1. The lowest BCUT2D eigenvalue weighted by atomic mass is 9.95. The fourth-order valence-electron chi connectivity index (χ4n) is 2.30. The molecular weight excluding hydrogens is 387 g/mol.